The highest BCUT2D eigenvalue weighted by Crippen LogP contribution is 2.30. The van der Waals surface area contributed by atoms with Crippen LogP contribution in [0.15, 0.2) is 30.5 Å². The quantitative estimate of drug-likeness (QED) is 0.802. The molecule has 1 aliphatic heterocycles. The van der Waals surface area contributed by atoms with Crippen molar-refractivity contribution in [3.8, 4) is 5.69 Å². The minimum absolute atomic E-state index is 0.0505. The summed E-state index contributed by atoms with van der Waals surface area (Å²) in [5.41, 5.74) is 1.85. The van der Waals surface area contributed by atoms with Gasteiger partial charge in [-0.2, -0.15) is 18.3 Å². The van der Waals surface area contributed by atoms with Crippen molar-refractivity contribution in [1.82, 2.24) is 25.5 Å². The molecule has 0 unspecified atom stereocenters. The first kappa shape index (κ1) is 17.5. The molecule has 0 saturated carbocycles. The Morgan fingerprint density at radius 3 is 2.65 bits per heavy atom. The number of carbonyl (C=O) groups is 3. The van der Waals surface area contributed by atoms with Crippen molar-refractivity contribution in [2.24, 2.45) is 0 Å². The fourth-order valence-corrected chi connectivity index (χ4v) is 2.42. The van der Waals surface area contributed by atoms with Crippen LogP contribution in [-0.4, -0.2) is 39.2 Å². The summed E-state index contributed by atoms with van der Waals surface area (Å²) >= 11 is 0. The van der Waals surface area contributed by atoms with Crippen molar-refractivity contribution in [2.45, 2.75) is 13.1 Å². The maximum atomic E-state index is 12.8. The summed E-state index contributed by atoms with van der Waals surface area (Å²) in [5.74, 6) is -1.28. The molecule has 11 heteroatoms. The van der Waals surface area contributed by atoms with E-state index in [4.69, 9.17) is 0 Å². The predicted molar refractivity (Wildman–Crippen MR) is 81.0 cm³/mol. The van der Waals surface area contributed by atoms with Crippen LogP contribution in [0, 0.1) is 6.92 Å². The predicted octanol–water partition coefficient (Wildman–Crippen LogP) is 1.40. The van der Waals surface area contributed by atoms with Gasteiger partial charge in [0.1, 0.15) is 6.54 Å². The molecule has 2 heterocycles. The maximum absolute atomic E-state index is 12.8. The van der Waals surface area contributed by atoms with Gasteiger partial charge in [-0.15, -0.1) is 0 Å². The van der Waals surface area contributed by atoms with E-state index < -0.39 is 29.6 Å². The van der Waals surface area contributed by atoms with E-state index in [2.05, 4.69) is 10.5 Å². The van der Waals surface area contributed by atoms with Gasteiger partial charge in [-0.3, -0.25) is 20.3 Å². The largest absolute Gasteiger partial charge is 0.416 e. The number of amides is 4. The Morgan fingerprint density at radius 1 is 1.31 bits per heavy atom. The molecule has 0 aliphatic carbocycles. The van der Waals surface area contributed by atoms with Gasteiger partial charge in [-0.25, -0.2) is 14.5 Å². The lowest BCUT2D eigenvalue weighted by Gasteiger charge is -2.14. The third-order valence-corrected chi connectivity index (χ3v) is 3.70. The average molecular weight is 367 g/mol. The Balaban J connectivity index is 1.85. The van der Waals surface area contributed by atoms with E-state index in [1.807, 2.05) is 5.32 Å². The average Bonchev–Trinajstić information content (AvgIpc) is 3.09. The number of hydrogen-bond donors (Lipinski definition) is 2. The molecule has 1 saturated heterocycles. The van der Waals surface area contributed by atoms with Crippen molar-refractivity contribution in [2.75, 3.05) is 6.54 Å². The van der Waals surface area contributed by atoms with Crippen molar-refractivity contribution in [3.05, 3.63) is 47.3 Å². The molecule has 3 rings (SSSR count). The van der Waals surface area contributed by atoms with Gasteiger partial charge in [0.15, 0.2) is 0 Å². The molecule has 0 spiro atoms. The molecule has 2 aromatic rings. The fourth-order valence-electron chi connectivity index (χ4n) is 2.42. The van der Waals surface area contributed by atoms with Crippen LogP contribution in [0.3, 0.4) is 0 Å². The number of benzene rings is 1. The smallest absolute Gasteiger partial charge is 0.275 e. The summed E-state index contributed by atoms with van der Waals surface area (Å²) in [6.45, 7) is 1.17. The molecule has 1 aromatic heterocycles. The Hall–Kier alpha value is -3.37. The molecule has 0 radical (unpaired) electrons. The van der Waals surface area contributed by atoms with Crippen LogP contribution < -0.4 is 10.7 Å². The van der Waals surface area contributed by atoms with E-state index in [1.165, 1.54) is 29.9 Å². The number of alkyl halides is 3. The maximum Gasteiger partial charge on any atom is 0.416 e. The zero-order valence-electron chi connectivity index (χ0n) is 13.3. The third kappa shape index (κ3) is 3.23. The number of nitrogens with zero attached hydrogens (tertiary/aromatic N) is 3. The van der Waals surface area contributed by atoms with E-state index in [9.17, 15) is 27.6 Å². The second-order valence-corrected chi connectivity index (χ2v) is 5.48. The molecule has 0 bridgehead atoms. The molecule has 8 nitrogen and oxygen atoms in total. The monoisotopic (exact) mass is 367 g/mol. The van der Waals surface area contributed by atoms with Crippen LogP contribution in [0.4, 0.5) is 18.0 Å². The molecule has 1 aromatic carbocycles. The van der Waals surface area contributed by atoms with Gasteiger partial charge in [0.2, 0.25) is 5.91 Å². The first-order chi connectivity index (χ1) is 12.2. The van der Waals surface area contributed by atoms with Crippen molar-refractivity contribution >= 4 is 17.8 Å². The lowest BCUT2D eigenvalue weighted by molar-refractivity contribution is -0.137. The summed E-state index contributed by atoms with van der Waals surface area (Å²) in [5, 5.41) is 6.73. The SMILES string of the molecule is Cc1c(C(=O)NN2CC(=O)NC2=O)cnn1-c1cccc(C(F)(F)F)c1. The van der Waals surface area contributed by atoms with Gasteiger partial charge >= 0.3 is 12.2 Å². The van der Waals surface area contributed by atoms with Crippen molar-refractivity contribution in [3.63, 3.8) is 0 Å². The molecule has 2 N–H and O–H groups in total. The van der Waals surface area contributed by atoms with Crippen LogP contribution >= 0.6 is 0 Å². The third-order valence-electron chi connectivity index (χ3n) is 3.70. The summed E-state index contributed by atoms with van der Waals surface area (Å²) in [7, 11) is 0. The lowest BCUT2D eigenvalue weighted by Crippen LogP contribution is -2.44. The van der Waals surface area contributed by atoms with E-state index in [1.54, 1.807) is 0 Å². The first-order valence-electron chi connectivity index (χ1n) is 7.31. The number of rotatable bonds is 3. The number of hydrogen-bond acceptors (Lipinski definition) is 4. The number of carbonyl (C=O) groups excluding carboxylic acids is 3. The molecule has 136 valence electrons. The topological polar surface area (TPSA) is 96.3 Å². The minimum atomic E-state index is -4.51. The summed E-state index contributed by atoms with van der Waals surface area (Å²) < 4.78 is 39.7. The zero-order valence-corrected chi connectivity index (χ0v) is 13.3. The zero-order chi connectivity index (χ0) is 19.1. The lowest BCUT2D eigenvalue weighted by atomic mass is 10.2. The van der Waals surface area contributed by atoms with Crippen molar-refractivity contribution < 1.29 is 27.6 Å². The van der Waals surface area contributed by atoms with Gasteiger partial charge in [-0.1, -0.05) is 6.07 Å². The van der Waals surface area contributed by atoms with Gasteiger partial charge < -0.3 is 0 Å². The summed E-state index contributed by atoms with van der Waals surface area (Å²) in [6, 6.07) is 3.72. The number of aromatic nitrogens is 2. The van der Waals surface area contributed by atoms with Gasteiger partial charge in [0.05, 0.1) is 28.7 Å². The van der Waals surface area contributed by atoms with E-state index in [0.717, 1.165) is 17.1 Å². The molecule has 4 amide bonds. The standard InChI is InChI=1S/C15H12F3N5O3/c1-8-11(13(25)21-22-7-12(24)20-14(22)26)6-19-23(8)10-4-2-3-9(5-10)15(16,17)18/h2-6H,7H2,1H3,(H,21,25)(H,20,24,26). The van der Waals surface area contributed by atoms with Gasteiger partial charge in [-0.05, 0) is 25.1 Å². The Bertz CT molecular complexity index is 906. The highest BCUT2D eigenvalue weighted by Gasteiger charge is 2.31. The van der Waals surface area contributed by atoms with E-state index in [-0.39, 0.29) is 23.5 Å². The van der Waals surface area contributed by atoms with Gasteiger partial charge in [0.25, 0.3) is 5.91 Å². The molecule has 0 atom stereocenters. The highest BCUT2D eigenvalue weighted by atomic mass is 19.4. The number of hydrazine groups is 1. The van der Waals surface area contributed by atoms with Crippen LogP contribution in [0.5, 0.6) is 0 Å². The summed E-state index contributed by atoms with van der Waals surface area (Å²) in [4.78, 5) is 34.8. The van der Waals surface area contributed by atoms with Crippen LogP contribution in [0.25, 0.3) is 5.69 Å². The Labute approximate surface area is 144 Å². The number of imide groups is 1. The Morgan fingerprint density at radius 2 is 2.04 bits per heavy atom. The number of urea groups is 1. The molecule has 1 fully saturated rings. The second kappa shape index (κ2) is 6.17. The van der Waals surface area contributed by atoms with E-state index in [0.29, 0.717) is 0 Å². The molecular weight excluding hydrogens is 355 g/mol. The normalized spacial score (nSPS) is 14.5. The van der Waals surface area contributed by atoms with Crippen molar-refractivity contribution in [1.29, 1.82) is 0 Å². The van der Waals surface area contributed by atoms with Gasteiger partial charge in [0, 0.05) is 0 Å². The fraction of sp³-hybridized carbons (Fsp3) is 0.200. The molecule has 1 aliphatic rings. The van der Waals surface area contributed by atoms with Crippen LogP contribution in [-0.2, 0) is 11.0 Å². The number of halogens is 3. The summed E-state index contributed by atoms with van der Waals surface area (Å²) in [6.07, 6.45) is -3.34. The highest BCUT2D eigenvalue weighted by molar-refractivity contribution is 6.04. The van der Waals surface area contributed by atoms with E-state index >= 15 is 0 Å². The second-order valence-electron chi connectivity index (χ2n) is 5.48. The Kier molecular flexibility index (Phi) is 4.14. The van der Waals surface area contributed by atoms with Crippen LogP contribution in [0.1, 0.15) is 21.6 Å². The minimum Gasteiger partial charge on any atom is -0.275 e. The number of nitrogens with one attached hydrogen (secondary N) is 2. The molecule has 26 heavy (non-hydrogen) atoms. The molecular formula is C15H12F3N5O3. The van der Waals surface area contributed by atoms with Crippen LogP contribution in [0.2, 0.25) is 0 Å². The first-order valence-corrected chi connectivity index (χ1v) is 7.31.